The van der Waals surface area contributed by atoms with E-state index in [4.69, 9.17) is 13.9 Å². The Morgan fingerprint density at radius 3 is 2.54 bits per heavy atom. The Morgan fingerprint density at radius 2 is 1.75 bits per heavy atom. The molecule has 3 aromatic rings. The van der Waals surface area contributed by atoms with Crippen molar-refractivity contribution < 1.29 is 13.9 Å². The highest BCUT2D eigenvalue weighted by Gasteiger charge is 2.19. The molecule has 1 aliphatic carbocycles. The summed E-state index contributed by atoms with van der Waals surface area (Å²) in [7, 11) is 1.64. The SMILES string of the molecule is COc1ccc(COc2ccc3c4c(c(=O)oc3c2)CCC4)cc1. The third-order valence-electron chi connectivity index (χ3n) is 4.51. The Kier molecular flexibility index (Phi) is 3.73. The number of methoxy groups -OCH3 is 1. The summed E-state index contributed by atoms with van der Waals surface area (Å²) in [5.74, 6) is 1.51. The second-order valence-electron chi connectivity index (χ2n) is 5.99. The predicted molar refractivity (Wildman–Crippen MR) is 91.8 cm³/mol. The molecule has 0 aliphatic heterocycles. The number of hydrogen-bond donors (Lipinski definition) is 0. The van der Waals surface area contributed by atoms with Gasteiger partial charge in [-0.05, 0) is 54.7 Å². The fourth-order valence-electron chi connectivity index (χ4n) is 3.24. The molecule has 4 nitrogen and oxygen atoms in total. The van der Waals surface area contributed by atoms with Crippen LogP contribution in [-0.4, -0.2) is 7.11 Å². The summed E-state index contributed by atoms with van der Waals surface area (Å²) < 4.78 is 16.5. The molecule has 0 atom stereocenters. The monoisotopic (exact) mass is 322 g/mol. The van der Waals surface area contributed by atoms with Gasteiger partial charge in [-0.3, -0.25) is 0 Å². The Morgan fingerprint density at radius 1 is 1.00 bits per heavy atom. The zero-order valence-corrected chi connectivity index (χ0v) is 13.5. The van der Waals surface area contributed by atoms with Crippen LogP contribution in [0.15, 0.2) is 51.7 Å². The molecule has 0 amide bonds. The van der Waals surface area contributed by atoms with E-state index in [0.717, 1.165) is 47.1 Å². The molecule has 0 bridgehead atoms. The van der Waals surface area contributed by atoms with Crippen LogP contribution >= 0.6 is 0 Å². The maximum Gasteiger partial charge on any atom is 0.339 e. The first-order valence-corrected chi connectivity index (χ1v) is 8.09. The van der Waals surface area contributed by atoms with Crippen molar-refractivity contribution in [3.63, 3.8) is 0 Å². The fraction of sp³-hybridized carbons (Fsp3) is 0.250. The molecular formula is C20H18O4. The van der Waals surface area contributed by atoms with Crippen molar-refractivity contribution in [3.8, 4) is 11.5 Å². The van der Waals surface area contributed by atoms with Crippen LogP contribution in [0.1, 0.15) is 23.1 Å². The number of ether oxygens (including phenoxy) is 2. The van der Waals surface area contributed by atoms with Crippen molar-refractivity contribution in [1.82, 2.24) is 0 Å². The van der Waals surface area contributed by atoms with Gasteiger partial charge in [-0.1, -0.05) is 12.1 Å². The minimum atomic E-state index is -0.206. The summed E-state index contributed by atoms with van der Waals surface area (Å²) in [6, 6.07) is 13.5. The van der Waals surface area contributed by atoms with E-state index in [2.05, 4.69) is 0 Å². The maximum absolute atomic E-state index is 12.1. The van der Waals surface area contributed by atoms with E-state index >= 15 is 0 Å². The lowest BCUT2D eigenvalue weighted by Crippen LogP contribution is -2.06. The third-order valence-corrected chi connectivity index (χ3v) is 4.51. The molecule has 0 saturated heterocycles. The minimum absolute atomic E-state index is 0.206. The number of hydrogen-bond acceptors (Lipinski definition) is 4. The Hall–Kier alpha value is -2.75. The Balaban J connectivity index is 1.58. The van der Waals surface area contributed by atoms with Crippen LogP contribution < -0.4 is 15.1 Å². The second-order valence-corrected chi connectivity index (χ2v) is 5.99. The molecule has 1 aliphatic rings. The first kappa shape index (κ1) is 14.8. The van der Waals surface area contributed by atoms with Crippen LogP contribution in [0.2, 0.25) is 0 Å². The van der Waals surface area contributed by atoms with Gasteiger partial charge in [0.2, 0.25) is 0 Å². The van der Waals surface area contributed by atoms with Crippen molar-refractivity contribution in [2.75, 3.05) is 7.11 Å². The van der Waals surface area contributed by atoms with Gasteiger partial charge in [-0.25, -0.2) is 4.79 Å². The van der Waals surface area contributed by atoms with Crippen molar-refractivity contribution in [2.24, 2.45) is 0 Å². The molecule has 0 spiro atoms. The van der Waals surface area contributed by atoms with Crippen LogP contribution in [0.5, 0.6) is 11.5 Å². The number of aryl methyl sites for hydroxylation is 1. The summed E-state index contributed by atoms with van der Waals surface area (Å²) in [6.07, 6.45) is 2.79. The maximum atomic E-state index is 12.1. The van der Waals surface area contributed by atoms with E-state index in [1.807, 2.05) is 36.4 Å². The molecule has 1 heterocycles. The van der Waals surface area contributed by atoms with E-state index in [9.17, 15) is 4.79 Å². The minimum Gasteiger partial charge on any atom is -0.497 e. The quantitative estimate of drug-likeness (QED) is 0.684. The highest BCUT2D eigenvalue weighted by Crippen LogP contribution is 2.29. The van der Waals surface area contributed by atoms with Crippen LogP contribution in [0.25, 0.3) is 11.0 Å². The largest absolute Gasteiger partial charge is 0.497 e. The van der Waals surface area contributed by atoms with Crippen molar-refractivity contribution in [2.45, 2.75) is 25.9 Å². The van der Waals surface area contributed by atoms with E-state index in [0.29, 0.717) is 17.9 Å². The molecule has 0 N–H and O–H groups in total. The molecule has 2 aromatic carbocycles. The zero-order valence-electron chi connectivity index (χ0n) is 13.5. The lowest BCUT2D eigenvalue weighted by Gasteiger charge is -2.09. The van der Waals surface area contributed by atoms with Crippen LogP contribution in [-0.2, 0) is 19.4 Å². The summed E-state index contributed by atoms with van der Waals surface area (Å²) in [5.41, 5.74) is 3.43. The number of benzene rings is 2. The van der Waals surface area contributed by atoms with Gasteiger partial charge in [0.05, 0.1) is 7.11 Å². The lowest BCUT2D eigenvalue weighted by molar-refractivity contribution is 0.306. The van der Waals surface area contributed by atoms with Gasteiger partial charge < -0.3 is 13.9 Å². The van der Waals surface area contributed by atoms with E-state index in [-0.39, 0.29) is 5.63 Å². The smallest absolute Gasteiger partial charge is 0.339 e. The van der Waals surface area contributed by atoms with Crippen molar-refractivity contribution >= 4 is 11.0 Å². The Bertz CT molecular complexity index is 938. The molecule has 1 aromatic heterocycles. The summed E-state index contributed by atoms with van der Waals surface area (Å²) in [4.78, 5) is 12.1. The molecule has 0 saturated carbocycles. The van der Waals surface area contributed by atoms with Gasteiger partial charge in [-0.2, -0.15) is 0 Å². The highest BCUT2D eigenvalue weighted by molar-refractivity contribution is 5.83. The average molecular weight is 322 g/mol. The fourth-order valence-corrected chi connectivity index (χ4v) is 3.24. The van der Waals surface area contributed by atoms with Gasteiger partial charge in [0.15, 0.2) is 0 Å². The second kappa shape index (κ2) is 6.04. The zero-order chi connectivity index (χ0) is 16.5. The molecule has 24 heavy (non-hydrogen) atoms. The van der Waals surface area contributed by atoms with Crippen molar-refractivity contribution in [1.29, 1.82) is 0 Å². The predicted octanol–water partition coefficient (Wildman–Crippen LogP) is 3.87. The van der Waals surface area contributed by atoms with Gasteiger partial charge in [0.25, 0.3) is 0 Å². The molecule has 0 fully saturated rings. The molecule has 0 radical (unpaired) electrons. The van der Waals surface area contributed by atoms with Crippen LogP contribution in [0, 0.1) is 0 Å². The number of rotatable bonds is 4. The van der Waals surface area contributed by atoms with Gasteiger partial charge in [0, 0.05) is 17.0 Å². The molecule has 4 rings (SSSR count). The average Bonchev–Trinajstić information content (AvgIpc) is 3.11. The Labute approximate surface area is 139 Å². The van der Waals surface area contributed by atoms with Crippen LogP contribution in [0.3, 0.4) is 0 Å². The first-order valence-electron chi connectivity index (χ1n) is 8.09. The number of fused-ring (bicyclic) bond motifs is 3. The third kappa shape index (κ3) is 2.64. The molecular weight excluding hydrogens is 304 g/mol. The first-order chi connectivity index (χ1) is 11.7. The van der Waals surface area contributed by atoms with Crippen LogP contribution in [0.4, 0.5) is 0 Å². The van der Waals surface area contributed by atoms with Gasteiger partial charge >= 0.3 is 5.63 Å². The topological polar surface area (TPSA) is 48.7 Å². The summed E-state index contributed by atoms with van der Waals surface area (Å²) >= 11 is 0. The van der Waals surface area contributed by atoms with Gasteiger partial charge in [-0.15, -0.1) is 0 Å². The molecule has 0 unspecified atom stereocenters. The molecule has 4 heteroatoms. The van der Waals surface area contributed by atoms with E-state index < -0.39 is 0 Å². The summed E-state index contributed by atoms with van der Waals surface area (Å²) in [6.45, 7) is 0.449. The highest BCUT2D eigenvalue weighted by atomic mass is 16.5. The van der Waals surface area contributed by atoms with Gasteiger partial charge in [0.1, 0.15) is 23.7 Å². The standard InChI is InChI=1S/C20H18O4/c1-22-14-7-5-13(6-8-14)12-23-15-9-10-17-16-3-2-4-18(16)20(21)24-19(17)11-15/h5-11H,2-4,12H2,1H3. The van der Waals surface area contributed by atoms with E-state index in [1.165, 1.54) is 0 Å². The van der Waals surface area contributed by atoms with E-state index in [1.54, 1.807) is 13.2 Å². The summed E-state index contributed by atoms with van der Waals surface area (Å²) in [5, 5.41) is 1.03. The normalized spacial score (nSPS) is 13.0. The van der Waals surface area contributed by atoms with Crippen molar-refractivity contribution in [3.05, 3.63) is 69.6 Å². The lowest BCUT2D eigenvalue weighted by atomic mass is 10.1. The molecule has 122 valence electrons.